The molecule has 0 saturated heterocycles. The summed E-state index contributed by atoms with van der Waals surface area (Å²) in [6.45, 7) is 13.1. The molecule has 13 nitrogen and oxygen atoms in total. The van der Waals surface area contributed by atoms with Crippen LogP contribution in [0.2, 0.25) is 10.0 Å². The van der Waals surface area contributed by atoms with Crippen LogP contribution in [0.4, 0.5) is 0 Å². The summed E-state index contributed by atoms with van der Waals surface area (Å²) in [6.07, 6.45) is 0.618. The smallest absolute Gasteiger partial charge is 0.337 e. The number of allylic oxidation sites excluding steroid dienone is 3. The molecule has 314 valence electrons. The topological polar surface area (TPSA) is 225 Å². The molecule has 0 bridgehead atoms. The SMILES string of the molecule is Cc1c2c(c(S(=O)(=O)O)c3c1C(C)CC(C)(C)C3)OC1=C(S(=O)(=O)O)CC(C(C)CC(C)(C)N)=C3Cc4c(SCC(=O)CCOC=O)c(Cl)c(Cl)c(C(=O)O)c4C2=C31. The quantitative estimate of drug-likeness (QED) is 0.0650. The number of rotatable bonds is 13. The molecule has 2 atom stereocenters. The molecule has 2 unspecified atom stereocenters. The number of Topliss-reactive ketones (excluding diaryl/α,β-unsaturated/α-hetero) is 1. The first-order valence-electron chi connectivity index (χ1n) is 18.5. The van der Waals surface area contributed by atoms with Crippen molar-refractivity contribution in [1.82, 2.24) is 0 Å². The van der Waals surface area contributed by atoms with Crippen molar-refractivity contribution in [3.63, 3.8) is 0 Å². The highest BCUT2D eigenvalue weighted by Gasteiger charge is 2.49. The van der Waals surface area contributed by atoms with Crippen molar-refractivity contribution in [3.8, 4) is 5.75 Å². The number of ketones is 1. The average Bonchev–Trinajstić information content (AvgIpc) is 3.05. The Bertz CT molecular complexity index is 2530. The summed E-state index contributed by atoms with van der Waals surface area (Å²) in [5, 5.41) is 10.4. The van der Waals surface area contributed by atoms with Crippen LogP contribution in [-0.2, 0) is 47.4 Å². The molecule has 3 aliphatic carbocycles. The van der Waals surface area contributed by atoms with E-state index in [0.717, 1.165) is 11.8 Å². The molecule has 2 aromatic rings. The second-order valence-corrected chi connectivity index (χ2v) is 21.6. The summed E-state index contributed by atoms with van der Waals surface area (Å²) in [4.78, 5) is 36.2. The number of hydrogen-bond donors (Lipinski definition) is 4. The maximum atomic E-state index is 13.7. The van der Waals surface area contributed by atoms with Crippen molar-refractivity contribution in [2.45, 2.75) is 108 Å². The zero-order valence-electron chi connectivity index (χ0n) is 33.0. The summed E-state index contributed by atoms with van der Waals surface area (Å²) < 4.78 is 87.3. The monoisotopic (exact) mass is 897 g/mol. The van der Waals surface area contributed by atoms with Gasteiger partial charge in [-0.3, -0.25) is 18.7 Å². The third kappa shape index (κ3) is 7.91. The first-order valence-corrected chi connectivity index (χ1v) is 23.1. The number of halogens is 2. The number of carboxylic acid groups (broad SMARTS) is 1. The van der Waals surface area contributed by atoms with Gasteiger partial charge in [0.15, 0.2) is 11.5 Å². The van der Waals surface area contributed by atoms with Crippen LogP contribution >= 0.6 is 35.0 Å². The van der Waals surface area contributed by atoms with Gasteiger partial charge in [-0.15, -0.1) is 11.8 Å². The lowest BCUT2D eigenvalue weighted by Crippen LogP contribution is -2.36. The van der Waals surface area contributed by atoms with E-state index in [-0.39, 0.29) is 94.0 Å². The Labute approximate surface area is 351 Å². The van der Waals surface area contributed by atoms with Gasteiger partial charge < -0.3 is 20.3 Å². The molecule has 0 fully saturated rings. The Kier molecular flexibility index (Phi) is 11.7. The standard InChI is InChI=1S/C40H45Cl2NO12S3/c1-17(13-40(6,7)43)21-11-25(57(48,49)50)34-29-22(21)10-23-28(31(38(46)47)32(41)33(42)36(23)56-15-20(45)8-9-54-16-44)30(29)27-19(3)26-18(2)12-39(4,5)14-24(26)37(35(27)55-34)58(51,52)53/h16-18H,8-15,43H2,1-7H3,(H,46,47)(H,48,49,50)(H,51,52,53). The first kappa shape index (κ1) is 44.3. The third-order valence-electron chi connectivity index (χ3n) is 11.2. The zero-order chi connectivity index (χ0) is 43.2. The van der Waals surface area contributed by atoms with Crippen molar-refractivity contribution in [3.05, 3.63) is 76.4 Å². The molecule has 0 aromatic heterocycles. The number of carbonyl (C=O) groups is 3. The molecule has 1 aliphatic heterocycles. The molecule has 6 rings (SSSR count). The lowest BCUT2D eigenvalue weighted by molar-refractivity contribution is -0.129. The predicted octanol–water partition coefficient (Wildman–Crippen LogP) is 7.86. The summed E-state index contributed by atoms with van der Waals surface area (Å²) in [6, 6.07) is 0. The largest absolute Gasteiger partial charge is 0.478 e. The van der Waals surface area contributed by atoms with E-state index in [2.05, 4.69) is 0 Å². The molecule has 0 spiro atoms. The summed E-state index contributed by atoms with van der Waals surface area (Å²) in [5.74, 6) is -3.54. The Morgan fingerprint density at radius 2 is 1.72 bits per heavy atom. The number of hydrogen-bond acceptors (Lipinski definition) is 11. The predicted molar refractivity (Wildman–Crippen MR) is 220 cm³/mol. The van der Waals surface area contributed by atoms with Crippen LogP contribution in [0.25, 0.3) is 5.57 Å². The van der Waals surface area contributed by atoms with Crippen LogP contribution in [-0.4, -0.2) is 67.2 Å². The van der Waals surface area contributed by atoms with E-state index in [1.54, 1.807) is 6.92 Å². The first-order chi connectivity index (χ1) is 26.7. The van der Waals surface area contributed by atoms with Gasteiger partial charge in [0.1, 0.15) is 15.6 Å². The van der Waals surface area contributed by atoms with E-state index in [0.29, 0.717) is 40.7 Å². The highest BCUT2D eigenvalue weighted by molar-refractivity contribution is 8.00. The van der Waals surface area contributed by atoms with Gasteiger partial charge in [-0.25, -0.2) is 4.79 Å². The fraction of sp³-hybridized carbons (Fsp3) is 0.475. The molecule has 4 aliphatic rings. The van der Waals surface area contributed by atoms with Crippen molar-refractivity contribution in [1.29, 1.82) is 0 Å². The van der Waals surface area contributed by atoms with Crippen molar-refractivity contribution in [2.75, 3.05) is 12.4 Å². The minimum Gasteiger partial charge on any atom is -0.478 e. The van der Waals surface area contributed by atoms with Crippen LogP contribution < -0.4 is 10.5 Å². The molecular weight excluding hydrogens is 854 g/mol. The molecule has 5 N–H and O–H groups in total. The maximum absolute atomic E-state index is 13.7. The number of carboxylic acids is 1. The molecule has 0 saturated carbocycles. The Hall–Kier alpha value is -3.22. The number of ether oxygens (including phenoxy) is 2. The average molecular weight is 899 g/mol. The van der Waals surface area contributed by atoms with Gasteiger partial charge in [0.05, 0.1) is 28.0 Å². The number of fused-ring (bicyclic) bond motifs is 5. The van der Waals surface area contributed by atoms with E-state index in [1.807, 2.05) is 41.5 Å². The fourth-order valence-electron chi connectivity index (χ4n) is 9.47. The second kappa shape index (κ2) is 15.4. The Morgan fingerprint density at radius 1 is 1.07 bits per heavy atom. The molecule has 0 amide bonds. The van der Waals surface area contributed by atoms with Gasteiger partial charge in [0.2, 0.25) is 0 Å². The molecule has 18 heteroatoms. The van der Waals surface area contributed by atoms with Crippen LogP contribution in [0.3, 0.4) is 0 Å². The number of carbonyl (C=O) groups excluding carboxylic acids is 2. The van der Waals surface area contributed by atoms with Gasteiger partial charge in [0, 0.05) is 45.5 Å². The third-order valence-corrected chi connectivity index (χ3v) is 15.3. The van der Waals surface area contributed by atoms with Crippen molar-refractivity contribution >= 4 is 79.0 Å². The van der Waals surface area contributed by atoms with E-state index in [9.17, 15) is 45.4 Å². The van der Waals surface area contributed by atoms with E-state index < -0.39 is 75.0 Å². The van der Waals surface area contributed by atoms with E-state index >= 15 is 0 Å². The Morgan fingerprint density at radius 3 is 2.29 bits per heavy atom. The van der Waals surface area contributed by atoms with E-state index in [1.165, 1.54) is 0 Å². The van der Waals surface area contributed by atoms with Gasteiger partial charge in [-0.05, 0) is 91.5 Å². The fourth-order valence-corrected chi connectivity index (χ4v) is 12.8. The van der Waals surface area contributed by atoms with Gasteiger partial charge in [-0.1, -0.05) is 56.5 Å². The summed E-state index contributed by atoms with van der Waals surface area (Å²) in [5.41, 5.74) is 7.85. The van der Waals surface area contributed by atoms with Gasteiger partial charge >= 0.3 is 5.97 Å². The lowest BCUT2D eigenvalue weighted by Gasteiger charge is -2.43. The molecule has 1 heterocycles. The maximum Gasteiger partial charge on any atom is 0.337 e. The van der Waals surface area contributed by atoms with Crippen molar-refractivity contribution < 1.29 is 54.9 Å². The second-order valence-electron chi connectivity index (χ2n) is 17.0. The number of benzene rings is 2. The minimum absolute atomic E-state index is 0.0159. The number of aromatic carboxylic acids is 1. The highest BCUT2D eigenvalue weighted by atomic mass is 35.5. The number of thioether (sulfide) groups is 1. The van der Waals surface area contributed by atoms with Crippen LogP contribution in [0, 0.1) is 18.3 Å². The Balaban J connectivity index is 1.85. The summed E-state index contributed by atoms with van der Waals surface area (Å²) in [7, 11) is -10.2. The minimum atomic E-state index is -5.14. The van der Waals surface area contributed by atoms with Crippen molar-refractivity contribution in [2.24, 2.45) is 17.1 Å². The molecule has 0 radical (unpaired) electrons. The van der Waals surface area contributed by atoms with Crippen LogP contribution in [0.15, 0.2) is 37.2 Å². The molecular formula is C40H45Cl2NO12S3. The molecule has 58 heavy (non-hydrogen) atoms. The highest BCUT2D eigenvalue weighted by Crippen LogP contribution is 2.61. The summed E-state index contributed by atoms with van der Waals surface area (Å²) >= 11 is 14.8. The lowest BCUT2D eigenvalue weighted by atomic mass is 9.65. The van der Waals surface area contributed by atoms with Crippen LogP contribution in [0.1, 0.15) is 117 Å². The van der Waals surface area contributed by atoms with Gasteiger partial charge in [-0.2, -0.15) is 16.8 Å². The zero-order valence-corrected chi connectivity index (χ0v) is 36.9. The van der Waals surface area contributed by atoms with Gasteiger partial charge in [0.25, 0.3) is 26.7 Å². The van der Waals surface area contributed by atoms with E-state index in [4.69, 9.17) is 38.4 Å². The van der Waals surface area contributed by atoms with Crippen LogP contribution in [0.5, 0.6) is 5.75 Å². The normalized spacial score (nSPS) is 19.1. The molecule has 2 aromatic carbocycles. The number of nitrogens with two attached hydrogens (primary N) is 1.